The van der Waals surface area contributed by atoms with E-state index in [2.05, 4.69) is 10.3 Å². The van der Waals surface area contributed by atoms with Gasteiger partial charge in [-0.1, -0.05) is 43.3 Å². The van der Waals surface area contributed by atoms with Crippen LogP contribution in [0.25, 0.3) is 0 Å². The Balaban J connectivity index is 2.51. The summed E-state index contributed by atoms with van der Waals surface area (Å²) in [6, 6.07) is 12.2. The Labute approximate surface area is 235 Å². The number of hydrogen-bond donors (Lipinski definition) is 2. The summed E-state index contributed by atoms with van der Waals surface area (Å²) < 4.78 is 16.2. The molecule has 1 aromatic heterocycles. The lowest BCUT2D eigenvalue weighted by atomic mass is 9.69. The topological polar surface area (TPSA) is 141 Å². The number of ether oxygens (including phenoxy) is 3. The van der Waals surface area contributed by atoms with Gasteiger partial charge < -0.3 is 19.3 Å². The molecule has 0 aliphatic rings. The van der Waals surface area contributed by atoms with Crippen molar-refractivity contribution >= 4 is 29.8 Å². The second-order valence-electron chi connectivity index (χ2n) is 10.6. The summed E-state index contributed by atoms with van der Waals surface area (Å²) in [4.78, 5) is 56.4. The van der Waals surface area contributed by atoms with Gasteiger partial charge in [-0.15, -0.1) is 0 Å². The lowest BCUT2D eigenvalue weighted by molar-refractivity contribution is -0.185. The van der Waals surface area contributed by atoms with Gasteiger partial charge in [0.15, 0.2) is 5.41 Å². The predicted molar refractivity (Wildman–Crippen MR) is 149 cm³/mol. The second-order valence-corrected chi connectivity index (χ2v) is 10.6. The SMILES string of the molecule is CCOC(=O)C(Cc1ccc(NC(=O)OC(C)(C)C)nc1)(C(=O)OC(C)CC)C(CCc1ccccc1)C(=O)O. The maximum absolute atomic E-state index is 13.8. The summed E-state index contributed by atoms with van der Waals surface area (Å²) in [5, 5.41) is 12.9. The van der Waals surface area contributed by atoms with Crippen LogP contribution in [-0.2, 0) is 41.4 Å². The number of aliphatic carboxylic acids is 1. The molecule has 0 aliphatic carbocycles. The van der Waals surface area contributed by atoms with Crippen LogP contribution < -0.4 is 5.32 Å². The van der Waals surface area contributed by atoms with E-state index in [9.17, 15) is 24.3 Å². The first-order chi connectivity index (χ1) is 18.8. The molecule has 0 bridgehead atoms. The molecule has 0 aliphatic heterocycles. The number of esters is 2. The highest BCUT2D eigenvalue weighted by Gasteiger charge is 2.58. The smallest absolute Gasteiger partial charge is 0.413 e. The lowest BCUT2D eigenvalue weighted by Gasteiger charge is -2.35. The van der Waals surface area contributed by atoms with Crippen molar-refractivity contribution < 1.29 is 38.5 Å². The standard InChI is InChI=1S/C30H40N2O8/c1-7-20(3)39-27(36)30(26(35)38-8-2,23(25(33)34)16-14-21-12-10-9-11-13-21)18-22-15-17-24(31-19-22)32-28(37)40-29(4,5)6/h9-13,15,17,19-20,23H,7-8,14,16,18H2,1-6H3,(H,33,34)(H,31,32,37). The second kappa shape index (κ2) is 14.4. The molecule has 2 N–H and O–H groups in total. The Morgan fingerprint density at radius 3 is 2.17 bits per heavy atom. The summed E-state index contributed by atoms with van der Waals surface area (Å²) in [5.41, 5.74) is -1.64. The van der Waals surface area contributed by atoms with Gasteiger partial charge in [-0.25, -0.2) is 9.78 Å². The zero-order chi connectivity index (χ0) is 29.9. The number of carbonyl (C=O) groups is 4. The van der Waals surface area contributed by atoms with E-state index in [1.165, 1.54) is 12.3 Å². The first-order valence-electron chi connectivity index (χ1n) is 13.4. The molecule has 2 rings (SSSR count). The Kier molecular flexibility index (Phi) is 11.6. The maximum Gasteiger partial charge on any atom is 0.413 e. The molecule has 3 atom stereocenters. The van der Waals surface area contributed by atoms with E-state index in [1.807, 2.05) is 37.3 Å². The maximum atomic E-state index is 13.8. The number of nitrogens with zero attached hydrogens (tertiary/aromatic N) is 1. The predicted octanol–water partition coefficient (Wildman–Crippen LogP) is 5.20. The first-order valence-corrected chi connectivity index (χ1v) is 13.4. The molecule has 10 heteroatoms. The van der Waals surface area contributed by atoms with Crippen LogP contribution in [0.15, 0.2) is 48.7 Å². The normalized spacial score (nSPS) is 14.2. The van der Waals surface area contributed by atoms with E-state index in [0.717, 1.165) is 5.56 Å². The van der Waals surface area contributed by atoms with Crippen LogP contribution in [0.3, 0.4) is 0 Å². The summed E-state index contributed by atoms with van der Waals surface area (Å²) >= 11 is 0. The Morgan fingerprint density at radius 2 is 1.65 bits per heavy atom. The molecule has 3 unspecified atom stereocenters. The van der Waals surface area contributed by atoms with Crippen molar-refractivity contribution in [1.82, 2.24) is 4.98 Å². The van der Waals surface area contributed by atoms with Gasteiger partial charge in [0.1, 0.15) is 11.4 Å². The number of aromatic nitrogens is 1. The van der Waals surface area contributed by atoms with Crippen molar-refractivity contribution in [1.29, 1.82) is 0 Å². The Bertz CT molecular complexity index is 1140. The number of rotatable bonds is 13. The zero-order valence-corrected chi connectivity index (χ0v) is 24.1. The molecular weight excluding hydrogens is 516 g/mol. The van der Waals surface area contributed by atoms with Crippen LogP contribution in [0.5, 0.6) is 0 Å². The molecule has 0 fully saturated rings. The Morgan fingerprint density at radius 1 is 0.975 bits per heavy atom. The van der Waals surface area contributed by atoms with E-state index in [-0.39, 0.29) is 25.3 Å². The third-order valence-corrected chi connectivity index (χ3v) is 6.28. The minimum Gasteiger partial charge on any atom is -0.481 e. The summed E-state index contributed by atoms with van der Waals surface area (Å²) in [6.45, 7) is 10.2. The van der Waals surface area contributed by atoms with Crippen LogP contribution in [-0.4, -0.2) is 52.4 Å². The van der Waals surface area contributed by atoms with Crippen LogP contribution in [0.1, 0.15) is 65.5 Å². The summed E-state index contributed by atoms with van der Waals surface area (Å²) in [6.07, 6.45) is 0.561. The molecule has 0 saturated heterocycles. The number of aryl methyl sites for hydroxylation is 1. The fourth-order valence-electron chi connectivity index (χ4n) is 4.14. The molecule has 1 aromatic carbocycles. The highest BCUT2D eigenvalue weighted by molar-refractivity contribution is 6.04. The van der Waals surface area contributed by atoms with Crippen molar-refractivity contribution in [3.63, 3.8) is 0 Å². The highest BCUT2D eigenvalue weighted by atomic mass is 16.6. The molecule has 0 radical (unpaired) electrons. The van der Waals surface area contributed by atoms with E-state index in [1.54, 1.807) is 40.7 Å². The van der Waals surface area contributed by atoms with Crippen molar-refractivity contribution in [2.75, 3.05) is 11.9 Å². The molecule has 1 amide bonds. The largest absolute Gasteiger partial charge is 0.481 e. The number of pyridine rings is 1. The van der Waals surface area contributed by atoms with Crippen LogP contribution in [0.2, 0.25) is 0 Å². The van der Waals surface area contributed by atoms with Crippen molar-refractivity contribution in [3.05, 3.63) is 59.8 Å². The van der Waals surface area contributed by atoms with Gasteiger partial charge in [-0.2, -0.15) is 0 Å². The monoisotopic (exact) mass is 556 g/mol. The van der Waals surface area contributed by atoms with Crippen molar-refractivity contribution in [2.45, 2.75) is 78.9 Å². The third kappa shape index (κ3) is 9.07. The average molecular weight is 557 g/mol. The lowest BCUT2D eigenvalue weighted by Crippen LogP contribution is -2.53. The molecule has 2 aromatic rings. The van der Waals surface area contributed by atoms with Crippen molar-refractivity contribution in [3.8, 4) is 0 Å². The van der Waals surface area contributed by atoms with Crippen molar-refractivity contribution in [2.24, 2.45) is 11.3 Å². The molecule has 10 nitrogen and oxygen atoms in total. The van der Waals surface area contributed by atoms with Gasteiger partial charge in [0, 0.05) is 12.6 Å². The number of hydrogen-bond acceptors (Lipinski definition) is 8. The number of nitrogens with one attached hydrogen (secondary N) is 1. The van der Waals surface area contributed by atoms with E-state index >= 15 is 0 Å². The number of anilines is 1. The van der Waals surface area contributed by atoms with Gasteiger partial charge >= 0.3 is 24.0 Å². The molecule has 0 saturated carbocycles. The van der Waals surface area contributed by atoms with E-state index in [4.69, 9.17) is 14.2 Å². The van der Waals surface area contributed by atoms with Gasteiger partial charge in [0.05, 0.1) is 18.6 Å². The van der Waals surface area contributed by atoms with Crippen LogP contribution in [0, 0.1) is 11.3 Å². The molecule has 1 heterocycles. The average Bonchev–Trinajstić information content (AvgIpc) is 2.88. The fourth-order valence-corrected chi connectivity index (χ4v) is 4.14. The van der Waals surface area contributed by atoms with Gasteiger partial charge in [0.25, 0.3) is 0 Å². The molecule has 0 spiro atoms. The number of carboxylic acid groups (broad SMARTS) is 1. The number of amides is 1. The van der Waals surface area contributed by atoms with Gasteiger partial charge in [-0.3, -0.25) is 19.7 Å². The molecular formula is C30H40N2O8. The fraction of sp³-hybridized carbons (Fsp3) is 0.500. The highest BCUT2D eigenvalue weighted by Crippen LogP contribution is 2.39. The number of carbonyl (C=O) groups excluding carboxylic acids is 3. The molecule has 40 heavy (non-hydrogen) atoms. The minimum atomic E-state index is -2.18. The third-order valence-electron chi connectivity index (χ3n) is 6.28. The van der Waals surface area contributed by atoms with Crippen LogP contribution in [0.4, 0.5) is 10.6 Å². The summed E-state index contributed by atoms with van der Waals surface area (Å²) in [5.74, 6) is -4.53. The van der Waals surface area contributed by atoms with Gasteiger partial charge in [-0.05, 0) is 71.1 Å². The van der Waals surface area contributed by atoms with Gasteiger partial charge in [0.2, 0.25) is 0 Å². The first kappa shape index (κ1) is 32.3. The minimum absolute atomic E-state index is 0.0144. The zero-order valence-electron chi connectivity index (χ0n) is 24.1. The van der Waals surface area contributed by atoms with E-state index in [0.29, 0.717) is 18.4 Å². The Hall–Kier alpha value is -3.95. The number of benzene rings is 1. The molecule has 218 valence electrons. The summed E-state index contributed by atoms with van der Waals surface area (Å²) in [7, 11) is 0. The quantitative estimate of drug-likeness (QED) is 0.193. The van der Waals surface area contributed by atoms with Crippen LogP contribution >= 0.6 is 0 Å². The number of carboxylic acids is 1. The van der Waals surface area contributed by atoms with E-state index < -0.39 is 47.0 Å².